The van der Waals surface area contributed by atoms with Gasteiger partial charge in [0.05, 0.1) is 11.8 Å². The molecule has 3 aliphatic rings. The first-order chi connectivity index (χ1) is 18.0. The Balaban J connectivity index is 1.59. The summed E-state index contributed by atoms with van der Waals surface area (Å²) in [6.07, 6.45) is -1.21. The zero-order valence-corrected chi connectivity index (χ0v) is 20.3. The average molecular weight is 533 g/mol. The van der Waals surface area contributed by atoms with E-state index in [1.165, 1.54) is 41.3 Å². The Hall–Kier alpha value is -3.60. The summed E-state index contributed by atoms with van der Waals surface area (Å²) in [6, 6.07) is 9.49. The highest BCUT2D eigenvalue weighted by molar-refractivity contribution is 6.09. The van der Waals surface area contributed by atoms with Crippen molar-refractivity contribution < 1.29 is 42.5 Å². The topological polar surface area (TPSA) is 116 Å². The fraction of sp³-hybridized carbons (Fsp3) is 0.444. The Morgan fingerprint density at radius 2 is 1.74 bits per heavy atom. The quantitative estimate of drug-likeness (QED) is 0.483. The molecule has 2 aliphatic heterocycles. The summed E-state index contributed by atoms with van der Waals surface area (Å²) in [4.78, 5) is 41.9. The number of alkyl halides is 3. The Morgan fingerprint density at radius 3 is 2.37 bits per heavy atom. The summed E-state index contributed by atoms with van der Waals surface area (Å²) in [5.41, 5.74) is -1.20. The number of aliphatic carboxylic acids is 1. The van der Waals surface area contributed by atoms with Gasteiger partial charge in [-0.25, -0.2) is 0 Å². The number of amides is 2. The molecule has 4 atom stereocenters. The molecule has 0 bridgehead atoms. The highest BCUT2D eigenvalue weighted by Crippen LogP contribution is 2.51. The molecule has 38 heavy (non-hydrogen) atoms. The van der Waals surface area contributed by atoms with Crippen molar-refractivity contribution in [2.24, 2.45) is 11.8 Å². The van der Waals surface area contributed by atoms with E-state index in [1.54, 1.807) is 0 Å². The first-order valence-corrected chi connectivity index (χ1v) is 12.5. The van der Waals surface area contributed by atoms with Gasteiger partial charge in [0.2, 0.25) is 11.8 Å². The van der Waals surface area contributed by atoms with Crippen molar-refractivity contribution in [2.75, 3.05) is 0 Å². The van der Waals surface area contributed by atoms with Crippen LogP contribution in [-0.4, -0.2) is 50.8 Å². The third-order valence-corrected chi connectivity index (χ3v) is 7.88. The second kappa shape index (κ2) is 9.61. The summed E-state index contributed by atoms with van der Waals surface area (Å²) in [5, 5.41) is 23.2. The van der Waals surface area contributed by atoms with Crippen LogP contribution in [-0.2, 0) is 20.8 Å². The highest BCUT2D eigenvalue weighted by Gasteiger charge is 2.69. The molecule has 202 valence electrons. The van der Waals surface area contributed by atoms with Gasteiger partial charge >= 0.3 is 12.3 Å². The van der Waals surface area contributed by atoms with Crippen LogP contribution in [0.5, 0.6) is 11.5 Å². The summed E-state index contributed by atoms with van der Waals surface area (Å²) >= 11 is 0. The van der Waals surface area contributed by atoms with Gasteiger partial charge < -0.3 is 14.9 Å². The number of phenols is 1. The number of fused-ring (bicyclic) bond motifs is 1. The van der Waals surface area contributed by atoms with Gasteiger partial charge in [-0.05, 0) is 48.2 Å². The first kappa shape index (κ1) is 26.0. The third kappa shape index (κ3) is 4.59. The van der Waals surface area contributed by atoms with Crippen LogP contribution in [0.4, 0.5) is 13.2 Å². The second-order valence-electron chi connectivity index (χ2n) is 10.2. The molecule has 0 aromatic heterocycles. The molecule has 3 N–H and O–H groups in total. The molecule has 0 radical (unpaired) electrons. The molecule has 2 saturated heterocycles. The molecule has 2 aromatic carbocycles. The average Bonchev–Trinajstić information content (AvgIpc) is 3.34. The third-order valence-electron chi connectivity index (χ3n) is 7.88. The van der Waals surface area contributed by atoms with Crippen LogP contribution >= 0.6 is 0 Å². The van der Waals surface area contributed by atoms with E-state index in [2.05, 4.69) is 10.1 Å². The Bertz CT molecular complexity index is 1240. The van der Waals surface area contributed by atoms with Crippen LogP contribution in [0.1, 0.15) is 49.3 Å². The van der Waals surface area contributed by atoms with Gasteiger partial charge in [-0.2, -0.15) is 0 Å². The highest BCUT2D eigenvalue weighted by atomic mass is 19.4. The Labute approximate surface area is 216 Å². The van der Waals surface area contributed by atoms with E-state index in [0.29, 0.717) is 18.4 Å². The lowest BCUT2D eigenvalue weighted by atomic mass is 9.76. The largest absolute Gasteiger partial charge is 0.573 e. The van der Waals surface area contributed by atoms with Gasteiger partial charge in [0.1, 0.15) is 17.0 Å². The number of nitrogens with zero attached hydrogens (tertiary/aromatic N) is 1. The Kier molecular flexibility index (Phi) is 6.58. The van der Waals surface area contributed by atoms with Gasteiger partial charge in [0.25, 0.3) is 0 Å². The normalized spacial score (nSPS) is 28.0. The molecule has 2 heterocycles. The van der Waals surface area contributed by atoms with Crippen molar-refractivity contribution in [1.29, 1.82) is 0 Å². The number of carbonyl (C=O) groups is 3. The minimum absolute atomic E-state index is 0.0228. The molecule has 0 spiro atoms. The minimum atomic E-state index is -4.94. The number of benzene rings is 2. The number of nitrogens with one attached hydrogen (secondary N) is 1. The number of imide groups is 1. The summed E-state index contributed by atoms with van der Waals surface area (Å²) in [5.74, 6) is -5.38. The van der Waals surface area contributed by atoms with Crippen LogP contribution in [0.25, 0.3) is 0 Å². The van der Waals surface area contributed by atoms with Gasteiger partial charge in [-0.3, -0.25) is 24.6 Å². The molecule has 2 amide bonds. The molecule has 4 unspecified atom stereocenters. The molecule has 3 fully saturated rings. The van der Waals surface area contributed by atoms with E-state index in [-0.39, 0.29) is 23.8 Å². The second-order valence-corrected chi connectivity index (χ2v) is 10.2. The molecular formula is C27H27F3N2O6. The van der Waals surface area contributed by atoms with Crippen LogP contribution in [0.15, 0.2) is 48.5 Å². The Morgan fingerprint density at radius 1 is 1.05 bits per heavy atom. The lowest BCUT2D eigenvalue weighted by Crippen LogP contribution is -2.58. The van der Waals surface area contributed by atoms with E-state index in [9.17, 15) is 37.8 Å². The van der Waals surface area contributed by atoms with Crippen molar-refractivity contribution in [3.8, 4) is 11.5 Å². The number of halogens is 3. The maximum absolute atomic E-state index is 13.9. The van der Waals surface area contributed by atoms with Gasteiger partial charge in [-0.1, -0.05) is 43.5 Å². The standard InChI is InChI=1S/C27H27F3N2O6/c28-27(29,30)38-19-8-4-5-16(13-19)22-20-21(24(35)32(23(20)34)17-6-2-1-3-7-17)26(31-22,25(36)37)14-15-9-11-18(33)12-10-15/h4-5,8-13,17,20-22,31,33H,1-3,6-7,14H2,(H,36,37). The smallest absolute Gasteiger partial charge is 0.508 e. The summed E-state index contributed by atoms with van der Waals surface area (Å²) < 4.78 is 42.7. The molecule has 11 heteroatoms. The number of aromatic hydroxyl groups is 1. The predicted molar refractivity (Wildman–Crippen MR) is 127 cm³/mol. The fourth-order valence-corrected chi connectivity index (χ4v) is 6.29. The van der Waals surface area contributed by atoms with Crippen LogP contribution < -0.4 is 10.1 Å². The number of carboxylic acids is 1. The summed E-state index contributed by atoms with van der Waals surface area (Å²) in [6.45, 7) is 0. The number of ether oxygens (including phenoxy) is 1. The van der Waals surface area contributed by atoms with E-state index in [4.69, 9.17) is 0 Å². The SMILES string of the molecule is O=C1C2C(c3cccc(OC(F)(F)F)c3)NC(Cc3ccc(O)cc3)(C(=O)O)C2C(=O)N1C1CCCCC1. The van der Waals surface area contributed by atoms with Crippen LogP contribution in [0.3, 0.4) is 0 Å². The maximum atomic E-state index is 13.9. The number of likely N-dealkylation sites (tertiary alicyclic amines) is 1. The van der Waals surface area contributed by atoms with Crippen molar-refractivity contribution in [3.05, 3.63) is 59.7 Å². The molecular weight excluding hydrogens is 505 g/mol. The molecule has 1 saturated carbocycles. The maximum Gasteiger partial charge on any atom is 0.573 e. The molecule has 2 aromatic rings. The van der Waals surface area contributed by atoms with E-state index in [1.807, 2.05) is 0 Å². The number of hydrogen-bond acceptors (Lipinski definition) is 6. The van der Waals surface area contributed by atoms with Crippen molar-refractivity contribution in [3.63, 3.8) is 0 Å². The van der Waals surface area contributed by atoms with Gasteiger partial charge in [0.15, 0.2) is 0 Å². The lowest BCUT2D eigenvalue weighted by molar-refractivity contribution is -0.274. The molecule has 5 rings (SSSR count). The van der Waals surface area contributed by atoms with Crippen LogP contribution in [0, 0.1) is 11.8 Å². The van der Waals surface area contributed by atoms with E-state index >= 15 is 0 Å². The lowest BCUT2D eigenvalue weighted by Gasteiger charge is -2.34. The van der Waals surface area contributed by atoms with Gasteiger partial charge in [-0.15, -0.1) is 13.2 Å². The van der Waals surface area contributed by atoms with E-state index < -0.39 is 53.3 Å². The zero-order chi connectivity index (χ0) is 27.2. The molecule has 8 nitrogen and oxygen atoms in total. The van der Waals surface area contributed by atoms with Crippen LogP contribution in [0.2, 0.25) is 0 Å². The van der Waals surface area contributed by atoms with Crippen molar-refractivity contribution in [2.45, 2.75) is 62.5 Å². The van der Waals surface area contributed by atoms with Crippen molar-refractivity contribution in [1.82, 2.24) is 10.2 Å². The van der Waals surface area contributed by atoms with E-state index in [0.717, 1.165) is 31.4 Å². The number of phenolic OH excluding ortho intramolecular Hbond substituents is 1. The zero-order valence-electron chi connectivity index (χ0n) is 20.3. The van der Waals surface area contributed by atoms with Gasteiger partial charge in [0, 0.05) is 18.5 Å². The predicted octanol–water partition coefficient (Wildman–Crippen LogP) is 3.94. The monoisotopic (exact) mass is 532 g/mol. The number of rotatable bonds is 6. The minimum Gasteiger partial charge on any atom is -0.508 e. The summed E-state index contributed by atoms with van der Waals surface area (Å²) in [7, 11) is 0. The first-order valence-electron chi connectivity index (χ1n) is 12.5. The number of hydrogen-bond donors (Lipinski definition) is 3. The molecule has 1 aliphatic carbocycles. The number of carboxylic acid groups (broad SMARTS) is 1. The number of carbonyl (C=O) groups excluding carboxylic acids is 2. The fourth-order valence-electron chi connectivity index (χ4n) is 6.29. The van der Waals surface area contributed by atoms with Crippen molar-refractivity contribution >= 4 is 17.8 Å².